The van der Waals surface area contributed by atoms with Crippen molar-refractivity contribution in [2.24, 2.45) is 5.92 Å². The molecule has 13 heavy (non-hydrogen) atoms. The summed E-state index contributed by atoms with van der Waals surface area (Å²) in [6.45, 7) is 0. The third kappa shape index (κ3) is 5.22. The van der Waals surface area contributed by atoms with Crippen LogP contribution in [0.25, 0.3) is 0 Å². The van der Waals surface area contributed by atoms with E-state index >= 15 is 0 Å². The molecule has 0 bridgehead atoms. The Morgan fingerprint density at radius 1 is 1.23 bits per heavy atom. The average Bonchev–Trinajstić information content (AvgIpc) is 2.33. The first-order chi connectivity index (χ1) is 4.47. The van der Waals surface area contributed by atoms with Gasteiger partial charge >= 0.3 is 21.7 Å². The minimum atomic E-state index is 0. The Bertz CT molecular complexity index is 178. The maximum absolute atomic E-state index is 2.37. The second-order valence-corrected chi connectivity index (χ2v) is 2.81. The van der Waals surface area contributed by atoms with Gasteiger partial charge in [0.1, 0.15) is 0 Å². The predicted octanol–water partition coefficient (Wildman–Crippen LogP) is -6.50. The van der Waals surface area contributed by atoms with Gasteiger partial charge in [-0.2, -0.15) is 0 Å². The Morgan fingerprint density at radius 2 is 1.92 bits per heavy atom. The first-order valence-electron chi connectivity index (χ1n) is 3.67. The van der Waals surface area contributed by atoms with Crippen LogP contribution in [0, 0.1) is 12.3 Å². The fourth-order valence-electron chi connectivity index (χ4n) is 1.66. The summed E-state index contributed by atoms with van der Waals surface area (Å²) in [6, 6.07) is 0. The van der Waals surface area contributed by atoms with Gasteiger partial charge in [-0.05, 0) is 12.3 Å². The van der Waals surface area contributed by atoms with Gasteiger partial charge in [0.15, 0.2) is 0 Å². The van der Waals surface area contributed by atoms with Gasteiger partial charge in [0.2, 0.25) is 0 Å². The van der Waals surface area contributed by atoms with E-state index in [0.717, 1.165) is 5.92 Å². The molecule has 0 aromatic rings. The second kappa shape index (κ2) is 10.0. The van der Waals surface area contributed by atoms with E-state index in [1.807, 2.05) is 0 Å². The van der Waals surface area contributed by atoms with Crippen LogP contribution in [-0.4, -0.2) is 0 Å². The number of rotatable bonds is 0. The third-order valence-electron chi connectivity index (χ3n) is 2.21. The maximum atomic E-state index is 2.37. The largest absolute Gasteiger partial charge is 4.00 e. The molecule has 0 N–H and O–H groups in total. The quantitative estimate of drug-likeness (QED) is 0.277. The summed E-state index contributed by atoms with van der Waals surface area (Å²) in [6.07, 6.45) is 13.0. The standard InChI is InChI=1S/C9H11.3BrH.Ti/c1-2-5-9-7-3-6-8(9)4-1;;;;/h1-2,4,6,9H,3,5,7H2;3*1H;/q-1;;;;+4/p-3. The fourth-order valence-corrected chi connectivity index (χ4v) is 1.66. The summed E-state index contributed by atoms with van der Waals surface area (Å²) in [5.74, 6) is 0.884. The van der Waals surface area contributed by atoms with E-state index in [1.165, 1.54) is 19.3 Å². The molecular weight excluding hydrogens is 396 g/mol. The predicted molar refractivity (Wildman–Crippen MR) is 38.9 cm³/mol. The molecule has 0 aromatic carbocycles. The van der Waals surface area contributed by atoms with E-state index in [1.54, 1.807) is 5.57 Å². The van der Waals surface area contributed by atoms with Crippen LogP contribution < -0.4 is 50.9 Å². The van der Waals surface area contributed by atoms with E-state index < -0.39 is 0 Å². The summed E-state index contributed by atoms with van der Waals surface area (Å²) in [5, 5.41) is 0. The minimum Gasteiger partial charge on any atom is -1.00 e. The molecule has 0 aliphatic heterocycles. The molecule has 1 fully saturated rings. The molecule has 0 spiro atoms. The van der Waals surface area contributed by atoms with Gasteiger partial charge in [-0.1, -0.05) is 6.42 Å². The van der Waals surface area contributed by atoms with Gasteiger partial charge in [0.25, 0.3) is 0 Å². The van der Waals surface area contributed by atoms with Gasteiger partial charge in [-0.15, -0.1) is 18.6 Å². The van der Waals surface area contributed by atoms with Crippen LogP contribution in [0.4, 0.5) is 0 Å². The molecular formula is C9H11Br3Ti. The van der Waals surface area contributed by atoms with Gasteiger partial charge < -0.3 is 50.9 Å². The van der Waals surface area contributed by atoms with Crippen molar-refractivity contribution >= 4 is 0 Å². The Balaban J connectivity index is -0.000000250. The third-order valence-corrected chi connectivity index (χ3v) is 2.21. The van der Waals surface area contributed by atoms with Crippen LogP contribution in [0.5, 0.6) is 0 Å². The first kappa shape index (κ1) is 20.0. The van der Waals surface area contributed by atoms with Gasteiger partial charge in [0, 0.05) is 0 Å². The Hall–Kier alpha value is 1.50. The monoisotopic (exact) mass is 404 g/mol. The number of hydrogen-bond acceptors (Lipinski definition) is 0. The molecule has 0 saturated heterocycles. The number of fused-ring (bicyclic) bond motifs is 1. The maximum Gasteiger partial charge on any atom is 4.00 e. The van der Waals surface area contributed by atoms with E-state index in [2.05, 4.69) is 24.6 Å². The average molecular weight is 407 g/mol. The van der Waals surface area contributed by atoms with Crippen LogP contribution in [0.1, 0.15) is 19.3 Å². The van der Waals surface area contributed by atoms with Crippen molar-refractivity contribution in [1.29, 1.82) is 0 Å². The molecule has 1 unspecified atom stereocenters. The molecule has 1 saturated carbocycles. The van der Waals surface area contributed by atoms with Gasteiger partial charge in [-0.25, -0.2) is 18.1 Å². The molecule has 0 heterocycles. The second-order valence-electron chi connectivity index (χ2n) is 2.81. The van der Waals surface area contributed by atoms with Crippen molar-refractivity contribution in [3.63, 3.8) is 0 Å². The molecule has 0 nitrogen and oxygen atoms in total. The Kier molecular flexibility index (Phi) is 15.4. The molecule has 0 radical (unpaired) electrons. The molecule has 1 atom stereocenters. The minimum absolute atomic E-state index is 0. The van der Waals surface area contributed by atoms with Crippen molar-refractivity contribution in [1.82, 2.24) is 0 Å². The molecule has 0 amide bonds. The Morgan fingerprint density at radius 3 is 2.54 bits per heavy atom. The number of allylic oxidation sites excluding steroid dienone is 4. The zero-order valence-electron chi connectivity index (χ0n) is 7.14. The van der Waals surface area contributed by atoms with Gasteiger partial charge in [0.05, 0.1) is 0 Å². The van der Waals surface area contributed by atoms with Crippen molar-refractivity contribution < 1.29 is 72.7 Å². The summed E-state index contributed by atoms with van der Waals surface area (Å²) in [4.78, 5) is 0. The van der Waals surface area contributed by atoms with Gasteiger partial charge in [-0.3, -0.25) is 0 Å². The molecule has 2 aliphatic rings. The zero-order valence-corrected chi connectivity index (χ0v) is 13.5. The van der Waals surface area contributed by atoms with Crippen LogP contribution in [0.2, 0.25) is 0 Å². The number of halogens is 3. The summed E-state index contributed by atoms with van der Waals surface area (Å²) in [5.41, 5.74) is 1.58. The molecule has 0 aromatic heterocycles. The molecule has 72 valence electrons. The zero-order chi connectivity index (χ0) is 6.10. The van der Waals surface area contributed by atoms with E-state index in [9.17, 15) is 0 Å². The van der Waals surface area contributed by atoms with E-state index in [-0.39, 0.29) is 72.7 Å². The smallest absolute Gasteiger partial charge is 1.00 e. The van der Waals surface area contributed by atoms with Crippen molar-refractivity contribution in [3.8, 4) is 0 Å². The summed E-state index contributed by atoms with van der Waals surface area (Å²) >= 11 is 0. The van der Waals surface area contributed by atoms with Crippen LogP contribution in [0.15, 0.2) is 23.8 Å². The van der Waals surface area contributed by atoms with Crippen LogP contribution in [0.3, 0.4) is 0 Å². The topological polar surface area (TPSA) is 0 Å². The first-order valence-corrected chi connectivity index (χ1v) is 3.67. The van der Waals surface area contributed by atoms with Crippen LogP contribution in [-0.2, 0) is 21.7 Å². The molecule has 2 rings (SSSR count). The van der Waals surface area contributed by atoms with Crippen LogP contribution >= 0.6 is 0 Å². The van der Waals surface area contributed by atoms with Crippen molar-refractivity contribution in [2.45, 2.75) is 19.3 Å². The summed E-state index contributed by atoms with van der Waals surface area (Å²) < 4.78 is 0. The normalized spacial score (nSPS) is 21.5. The summed E-state index contributed by atoms with van der Waals surface area (Å²) in [7, 11) is 0. The number of hydrogen-bond donors (Lipinski definition) is 0. The Labute approximate surface area is 127 Å². The molecule has 4 heteroatoms. The van der Waals surface area contributed by atoms with E-state index in [0.29, 0.717) is 0 Å². The molecule has 2 aliphatic carbocycles. The van der Waals surface area contributed by atoms with E-state index in [4.69, 9.17) is 0 Å². The fraction of sp³-hybridized carbons (Fsp3) is 0.444. The SMILES string of the molecule is C1=CCC2CC[CH-]C2=C1.[Br-].[Br-].[Br-].[Ti+4]. The van der Waals surface area contributed by atoms with Crippen molar-refractivity contribution in [2.75, 3.05) is 0 Å². The van der Waals surface area contributed by atoms with Crippen molar-refractivity contribution in [3.05, 3.63) is 30.2 Å².